The maximum atomic E-state index is 10.9. The topological polar surface area (TPSA) is 118 Å². The Morgan fingerprint density at radius 1 is 1.25 bits per heavy atom. The van der Waals surface area contributed by atoms with Crippen LogP contribution in [0.5, 0.6) is 0 Å². The highest BCUT2D eigenvalue weighted by Crippen LogP contribution is 2.12. The van der Waals surface area contributed by atoms with Crippen LogP contribution in [-0.2, 0) is 30.3 Å². The third-order valence-electron chi connectivity index (χ3n) is 1.59. The molecule has 10 heteroatoms. The van der Waals surface area contributed by atoms with E-state index in [1.165, 1.54) is 6.07 Å². The number of hydrogen-bond acceptors (Lipinski definition) is 5. The number of nitrogens with one attached hydrogen (secondary N) is 1. The Morgan fingerprint density at radius 2 is 1.75 bits per heavy atom. The summed E-state index contributed by atoms with van der Waals surface area (Å²) < 4.78 is 42.9. The van der Waals surface area contributed by atoms with E-state index in [0.717, 1.165) is 12.5 Å². The second kappa shape index (κ2) is 7.46. The van der Waals surface area contributed by atoms with Crippen LogP contribution < -0.4 is 4.72 Å². The predicted octanol–water partition coefficient (Wildman–Crippen LogP) is 0.870. The first-order valence-electron chi connectivity index (χ1n) is 5.05. The van der Waals surface area contributed by atoms with Crippen molar-refractivity contribution in [3.8, 4) is 0 Å². The fourth-order valence-electron chi connectivity index (χ4n) is 1.13. The molecule has 7 nitrogen and oxygen atoms in total. The molecule has 114 valence electrons. The normalized spacial score (nSPS) is 11.2. The molecule has 0 saturated carbocycles. The maximum Gasteiger partial charge on any atom is 0.307 e. The van der Waals surface area contributed by atoms with Crippen molar-refractivity contribution in [3.05, 3.63) is 29.8 Å². The van der Waals surface area contributed by atoms with Gasteiger partial charge in [-0.25, -0.2) is 16.8 Å². The van der Waals surface area contributed by atoms with E-state index < -0.39 is 25.0 Å². The number of carboxylic acid groups (broad SMARTS) is 1. The summed E-state index contributed by atoms with van der Waals surface area (Å²) in [7, 11) is -2.01. The van der Waals surface area contributed by atoms with Crippen molar-refractivity contribution in [3.63, 3.8) is 0 Å². The van der Waals surface area contributed by atoms with Crippen molar-refractivity contribution in [2.45, 2.75) is 6.42 Å². The summed E-state index contributed by atoms with van der Waals surface area (Å²) in [5.74, 6) is -0.952. The van der Waals surface area contributed by atoms with Crippen LogP contribution in [0.2, 0.25) is 0 Å². The number of carbonyl (C=O) groups is 1. The van der Waals surface area contributed by atoms with Gasteiger partial charge in [-0.15, -0.1) is 0 Å². The second-order valence-corrected chi connectivity index (χ2v) is 8.62. The molecule has 0 aromatic heterocycles. The molecule has 0 saturated heterocycles. The molecular formula is C10H14ClNO6S2. The molecule has 0 heterocycles. The molecule has 1 aromatic rings. The number of carboxylic acids is 1. The van der Waals surface area contributed by atoms with E-state index in [1.807, 2.05) is 0 Å². The van der Waals surface area contributed by atoms with Crippen molar-refractivity contribution < 1.29 is 26.7 Å². The zero-order valence-corrected chi connectivity index (χ0v) is 13.1. The molecule has 0 aliphatic carbocycles. The number of rotatable bonds is 4. The van der Waals surface area contributed by atoms with E-state index in [-0.39, 0.29) is 6.42 Å². The SMILES string of the molecule is CS(=O)(=O)Cl.CS(=O)(=O)Nc1cccc(CC(=O)O)c1. The highest BCUT2D eigenvalue weighted by molar-refractivity contribution is 8.13. The number of sulfonamides is 1. The zero-order chi connectivity index (χ0) is 16.0. The van der Waals surface area contributed by atoms with Crippen LogP contribution >= 0.6 is 10.7 Å². The minimum absolute atomic E-state index is 0.126. The lowest BCUT2D eigenvalue weighted by molar-refractivity contribution is -0.136. The minimum Gasteiger partial charge on any atom is -0.481 e. The Hall–Kier alpha value is -1.32. The molecule has 0 spiro atoms. The average molecular weight is 344 g/mol. The fraction of sp³-hybridized carbons (Fsp3) is 0.300. The first-order chi connectivity index (χ1) is 8.87. The molecule has 0 fully saturated rings. The highest BCUT2D eigenvalue weighted by Gasteiger charge is 2.04. The van der Waals surface area contributed by atoms with E-state index in [0.29, 0.717) is 11.3 Å². The number of aliphatic carboxylic acids is 1. The van der Waals surface area contributed by atoms with Crippen LogP contribution in [0.4, 0.5) is 5.69 Å². The van der Waals surface area contributed by atoms with Crippen LogP contribution in [0.1, 0.15) is 5.56 Å². The van der Waals surface area contributed by atoms with Crippen LogP contribution in [0.15, 0.2) is 24.3 Å². The monoisotopic (exact) mass is 343 g/mol. The number of hydrogen-bond donors (Lipinski definition) is 2. The van der Waals surface area contributed by atoms with Gasteiger partial charge in [0.2, 0.25) is 19.1 Å². The number of benzene rings is 1. The molecule has 0 bridgehead atoms. The summed E-state index contributed by atoms with van der Waals surface area (Å²) in [6.45, 7) is 0. The summed E-state index contributed by atoms with van der Waals surface area (Å²) in [4.78, 5) is 10.4. The Labute approximate surface area is 122 Å². The van der Waals surface area contributed by atoms with Gasteiger partial charge in [0, 0.05) is 16.4 Å². The molecule has 2 N–H and O–H groups in total. The van der Waals surface area contributed by atoms with Crippen molar-refractivity contribution in [1.82, 2.24) is 0 Å². The van der Waals surface area contributed by atoms with E-state index >= 15 is 0 Å². The van der Waals surface area contributed by atoms with Crippen LogP contribution in [0.3, 0.4) is 0 Å². The van der Waals surface area contributed by atoms with Crippen LogP contribution in [0.25, 0.3) is 0 Å². The smallest absolute Gasteiger partial charge is 0.307 e. The molecular weight excluding hydrogens is 330 g/mol. The molecule has 0 radical (unpaired) electrons. The van der Waals surface area contributed by atoms with Crippen LogP contribution in [-0.4, -0.2) is 40.4 Å². The Bertz CT molecular complexity index is 661. The predicted molar refractivity (Wildman–Crippen MR) is 76.9 cm³/mol. The number of anilines is 1. The summed E-state index contributed by atoms with van der Waals surface area (Å²) in [6.07, 6.45) is 1.84. The summed E-state index contributed by atoms with van der Waals surface area (Å²) in [5.41, 5.74) is 0.924. The standard InChI is InChI=1S/C9H11NO4S.CH3ClO2S/c1-15(13,14)10-8-4-2-3-7(5-8)6-9(11)12;1-5(2,3)4/h2-5,10H,6H2,1H3,(H,11,12);1H3. The second-order valence-electron chi connectivity index (χ2n) is 3.83. The van der Waals surface area contributed by atoms with Crippen molar-refractivity contribution >= 4 is 41.4 Å². The lowest BCUT2D eigenvalue weighted by atomic mass is 10.1. The van der Waals surface area contributed by atoms with Gasteiger partial charge in [0.15, 0.2) is 0 Å². The summed E-state index contributed by atoms with van der Waals surface area (Å²) in [5, 5.41) is 8.55. The van der Waals surface area contributed by atoms with Gasteiger partial charge in [-0.2, -0.15) is 0 Å². The van der Waals surface area contributed by atoms with Gasteiger partial charge in [0.05, 0.1) is 18.9 Å². The van der Waals surface area contributed by atoms with Crippen molar-refractivity contribution in [1.29, 1.82) is 0 Å². The molecule has 0 atom stereocenters. The van der Waals surface area contributed by atoms with E-state index in [9.17, 15) is 21.6 Å². The highest BCUT2D eigenvalue weighted by atomic mass is 35.7. The molecule has 0 aliphatic rings. The van der Waals surface area contributed by atoms with Gasteiger partial charge in [-0.1, -0.05) is 12.1 Å². The van der Waals surface area contributed by atoms with Gasteiger partial charge >= 0.3 is 5.97 Å². The van der Waals surface area contributed by atoms with Crippen LogP contribution in [0, 0.1) is 0 Å². The molecule has 0 amide bonds. The molecule has 20 heavy (non-hydrogen) atoms. The molecule has 0 aliphatic heterocycles. The quantitative estimate of drug-likeness (QED) is 0.783. The molecule has 1 aromatic carbocycles. The Morgan fingerprint density at radius 3 is 2.15 bits per heavy atom. The maximum absolute atomic E-state index is 10.9. The Kier molecular flexibility index (Phi) is 6.97. The molecule has 1 rings (SSSR count). The lowest BCUT2D eigenvalue weighted by Gasteiger charge is -2.04. The van der Waals surface area contributed by atoms with Crippen molar-refractivity contribution in [2.75, 3.05) is 17.2 Å². The third-order valence-corrected chi connectivity index (χ3v) is 2.19. The zero-order valence-electron chi connectivity index (χ0n) is 10.7. The fourth-order valence-corrected chi connectivity index (χ4v) is 1.69. The first-order valence-corrected chi connectivity index (χ1v) is 9.66. The van der Waals surface area contributed by atoms with E-state index in [4.69, 9.17) is 5.11 Å². The van der Waals surface area contributed by atoms with E-state index in [1.54, 1.807) is 18.2 Å². The first kappa shape index (κ1) is 18.7. The summed E-state index contributed by atoms with van der Waals surface area (Å²) in [6, 6.07) is 6.29. The molecule has 0 unspecified atom stereocenters. The third kappa shape index (κ3) is 13.1. The van der Waals surface area contributed by atoms with Gasteiger partial charge in [0.1, 0.15) is 0 Å². The summed E-state index contributed by atoms with van der Waals surface area (Å²) >= 11 is 0. The van der Waals surface area contributed by atoms with Gasteiger partial charge < -0.3 is 5.11 Å². The minimum atomic E-state index is -3.32. The largest absolute Gasteiger partial charge is 0.481 e. The lowest BCUT2D eigenvalue weighted by Crippen LogP contribution is -2.10. The van der Waals surface area contributed by atoms with Gasteiger partial charge in [-0.3, -0.25) is 9.52 Å². The average Bonchev–Trinajstić information content (AvgIpc) is 2.10. The van der Waals surface area contributed by atoms with Gasteiger partial charge in [0.25, 0.3) is 0 Å². The van der Waals surface area contributed by atoms with Gasteiger partial charge in [-0.05, 0) is 17.7 Å². The van der Waals surface area contributed by atoms with E-state index in [2.05, 4.69) is 15.4 Å². The van der Waals surface area contributed by atoms with Crippen molar-refractivity contribution in [2.24, 2.45) is 0 Å². The Balaban J connectivity index is 0.000000621. The number of halogens is 1.